The lowest BCUT2D eigenvalue weighted by atomic mass is 10.2. The average molecular weight is 336 g/mol. The Bertz CT molecular complexity index is 766. The van der Waals surface area contributed by atoms with Gasteiger partial charge in [0.25, 0.3) is 0 Å². The zero-order valence-electron chi connectivity index (χ0n) is 11.1. The van der Waals surface area contributed by atoms with Gasteiger partial charge in [-0.1, -0.05) is 13.3 Å². The van der Waals surface area contributed by atoms with E-state index < -0.39 is 0 Å². The summed E-state index contributed by atoms with van der Waals surface area (Å²) >= 11 is 3.49. The van der Waals surface area contributed by atoms with Crippen LogP contribution in [-0.4, -0.2) is 16.5 Å². The van der Waals surface area contributed by atoms with Crippen molar-refractivity contribution in [1.82, 2.24) is 9.97 Å². The minimum absolute atomic E-state index is 0.238. The molecule has 3 rings (SSSR count). The van der Waals surface area contributed by atoms with E-state index in [0.717, 1.165) is 51.5 Å². The van der Waals surface area contributed by atoms with E-state index in [4.69, 9.17) is 0 Å². The molecule has 0 atom stereocenters. The van der Waals surface area contributed by atoms with Crippen LogP contribution in [-0.2, 0) is 0 Å². The van der Waals surface area contributed by atoms with Gasteiger partial charge in [0.15, 0.2) is 0 Å². The van der Waals surface area contributed by atoms with Crippen LogP contribution in [0, 0.1) is 5.82 Å². The van der Waals surface area contributed by atoms with E-state index in [1.54, 1.807) is 18.3 Å². The highest BCUT2D eigenvalue weighted by atomic mass is 79.9. The summed E-state index contributed by atoms with van der Waals surface area (Å²) in [5, 5.41) is 5.13. The summed E-state index contributed by atoms with van der Waals surface area (Å²) in [6.07, 6.45) is 3.97. The molecule has 0 saturated heterocycles. The van der Waals surface area contributed by atoms with Crippen LogP contribution in [0.3, 0.4) is 0 Å². The SMILES string of the molecule is CCCCNc1ncc(Br)c2[nH]c3ccc(F)cc3c12. The summed E-state index contributed by atoms with van der Waals surface area (Å²) in [7, 11) is 0. The molecule has 2 aromatic heterocycles. The maximum atomic E-state index is 13.5. The van der Waals surface area contributed by atoms with Gasteiger partial charge in [0.05, 0.1) is 15.4 Å². The quantitative estimate of drug-likeness (QED) is 0.670. The van der Waals surface area contributed by atoms with E-state index in [2.05, 4.69) is 38.1 Å². The molecule has 2 N–H and O–H groups in total. The average Bonchev–Trinajstić information content (AvgIpc) is 2.81. The van der Waals surface area contributed by atoms with Gasteiger partial charge in [-0.3, -0.25) is 0 Å². The van der Waals surface area contributed by atoms with Crippen molar-refractivity contribution in [2.24, 2.45) is 0 Å². The molecule has 0 aliphatic carbocycles. The second-order valence-corrected chi connectivity index (χ2v) is 5.65. The molecule has 0 aliphatic heterocycles. The monoisotopic (exact) mass is 335 g/mol. The number of H-pyrrole nitrogens is 1. The molecular weight excluding hydrogens is 321 g/mol. The van der Waals surface area contributed by atoms with Gasteiger partial charge in [0, 0.05) is 23.6 Å². The second-order valence-electron chi connectivity index (χ2n) is 4.80. The summed E-state index contributed by atoms with van der Waals surface area (Å²) < 4.78 is 14.4. The molecule has 1 aromatic carbocycles. The Morgan fingerprint density at radius 2 is 2.25 bits per heavy atom. The summed E-state index contributed by atoms with van der Waals surface area (Å²) in [5.74, 6) is 0.561. The number of anilines is 1. The Morgan fingerprint density at radius 1 is 1.40 bits per heavy atom. The first-order valence-electron chi connectivity index (χ1n) is 6.70. The van der Waals surface area contributed by atoms with Crippen LogP contribution in [0.15, 0.2) is 28.9 Å². The zero-order chi connectivity index (χ0) is 14.1. The Morgan fingerprint density at radius 3 is 3.05 bits per heavy atom. The molecule has 2 heterocycles. The number of rotatable bonds is 4. The van der Waals surface area contributed by atoms with Gasteiger partial charge in [-0.25, -0.2) is 9.37 Å². The largest absolute Gasteiger partial charge is 0.369 e. The van der Waals surface area contributed by atoms with Crippen molar-refractivity contribution in [3.63, 3.8) is 0 Å². The second kappa shape index (κ2) is 5.40. The summed E-state index contributed by atoms with van der Waals surface area (Å²) in [6, 6.07) is 4.77. The highest BCUT2D eigenvalue weighted by molar-refractivity contribution is 9.10. The molecule has 5 heteroatoms. The number of fused-ring (bicyclic) bond motifs is 3. The third-order valence-corrected chi connectivity index (χ3v) is 3.97. The van der Waals surface area contributed by atoms with Crippen molar-refractivity contribution >= 4 is 43.6 Å². The highest BCUT2D eigenvalue weighted by Gasteiger charge is 2.13. The fourth-order valence-electron chi connectivity index (χ4n) is 2.36. The fourth-order valence-corrected chi connectivity index (χ4v) is 2.76. The number of hydrogen-bond donors (Lipinski definition) is 2. The summed E-state index contributed by atoms with van der Waals surface area (Å²) in [5.41, 5.74) is 1.85. The van der Waals surface area contributed by atoms with Gasteiger partial charge >= 0.3 is 0 Å². The molecule has 0 fully saturated rings. The topological polar surface area (TPSA) is 40.7 Å². The van der Waals surface area contributed by atoms with Crippen LogP contribution < -0.4 is 5.32 Å². The number of nitrogens with one attached hydrogen (secondary N) is 2. The fraction of sp³-hybridized carbons (Fsp3) is 0.267. The van der Waals surface area contributed by atoms with Crippen molar-refractivity contribution in [3.8, 4) is 0 Å². The maximum Gasteiger partial charge on any atom is 0.136 e. The molecular formula is C15H15BrFN3. The summed E-state index contributed by atoms with van der Waals surface area (Å²) in [6.45, 7) is 3.01. The van der Waals surface area contributed by atoms with Crippen LogP contribution >= 0.6 is 15.9 Å². The Kier molecular flexibility index (Phi) is 3.61. The number of nitrogens with zero attached hydrogens (tertiary/aromatic N) is 1. The smallest absolute Gasteiger partial charge is 0.136 e. The van der Waals surface area contributed by atoms with Gasteiger partial charge in [-0.2, -0.15) is 0 Å². The Hall–Kier alpha value is -1.62. The summed E-state index contributed by atoms with van der Waals surface area (Å²) in [4.78, 5) is 7.74. The maximum absolute atomic E-state index is 13.5. The molecule has 0 saturated carbocycles. The number of hydrogen-bond acceptors (Lipinski definition) is 2. The van der Waals surface area contributed by atoms with Gasteiger partial charge < -0.3 is 10.3 Å². The number of pyridine rings is 1. The third kappa shape index (κ3) is 2.26. The number of halogens is 2. The van der Waals surface area contributed by atoms with E-state index >= 15 is 0 Å². The van der Waals surface area contributed by atoms with E-state index in [9.17, 15) is 4.39 Å². The minimum atomic E-state index is -0.238. The van der Waals surface area contributed by atoms with Gasteiger partial charge in [0.2, 0.25) is 0 Å². The first kappa shape index (κ1) is 13.4. The number of aromatic amines is 1. The molecule has 0 spiro atoms. The van der Waals surface area contributed by atoms with E-state index in [0.29, 0.717) is 0 Å². The predicted molar refractivity (Wildman–Crippen MR) is 84.7 cm³/mol. The van der Waals surface area contributed by atoms with Gasteiger partial charge in [-0.05, 0) is 40.5 Å². The van der Waals surface area contributed by atoms with Crippen molar-refractivity contribution in [2.75, 3.05) is 11.9 Å². The minimum Gasteiger partial charge on any atom is -0.369 e. The van der Waals surface area contributed by atoms with Crippen molar-refractivity contribution in [1.29, 1.82) is 0 Å². The van der Waals surface area contributed by atoms with E-state index in [1.807, 2.05) is 0 Å². The van der Waals surface area contributed by atoms with Gasteiger partial charge in [0.1, 0.15) is 11.6 Å². The normalized spacial score (nSPS) is 11.3. The molecule has 20 heavy (non-hydrogen) atoms. The van der Waals surface area contributed by atoms with Crippen LogP contribution in [0.4, 0.5) is 10.2 Å². The lowest BCUT2D eigenvalue weighted by Crippen LogP contribution is -2.03. The number of aromatic nitrogens is 2. The van der Waals surface area contributed by atoms with Crippen LogP contribution in [0.25, 0.3) is 21.8 Å². The molecule has 0 bridgehead atoms. The van der Waals surface area contributed by atoms with Crippen molar-refractivity contribution < 1.29 is 4.39 Å². The molecule has 0 radical (unpaired) electrons. The van der Waals surface area contributed by atoms with Crippen LogP contribution in [0.1, 0.15) is 19.8 Å². The lowest BCUT2D eigenvalue weighted by Gasteiger charge is -2.07. The Labute approximate surface area is 124 Å². The van der Waals surface area contributed by atoms with Crippen LogP contribution in [0.2, 0.25) is 0 Å². The van der Waals surface area contributed by atoms with Gasteiger partial charge in [-0.15, -0.1) is 0 Å². The first-order valence-corrected chi connectivity index (χ1v) is 7.49. The lowest BCUT2D eigenvalue weighted by molar-refractivity contribution is 0.630. The molecule has 3 nitrogen and oxygen atoms in total. The first-order chi connectivity index (χ1) is 9.70. The van der Waals surface area contributed by atoms with Crippen molar-refractivity contribution in [2.45, 2.75) is 19.8 Å². The molecule has 0 unspecified atom stereocenters. The predicted octanol–water partition coefficient (Wildman–Crippen LogP) is 4.83. The van der Waals surface area contributed by atoms with E-state index in [-0.39, 0.29) is 5.82 Å². The van der Waals surface area contributed by atoms with Crippen molar-refractivity contribution in [3.05, 3.63) is 34.7 Å². The van der Waals surface area contributed by atoms with E-state index in [1.165, 1.54) is 6.07 Å². The molecule has 0 amide bonds. The molecule has 104 valence electrons. The highest BCUT2D eigenvalue weighted by Crippen LogP contribution is 2.34. The van der Waals surface area contributed by atoms with Crippen LogP contribution in [0.5, 0.6) is 0 Å². The molecule has 0 aliphatic rings. The number of unbranched alkanes of at least 4 members (excludes halogenated alkanes) is 1. The third-order valence-electron chi connectivity index (χ3n) is 3.37. The zero-order valence-corrected chi connectivity index (χ0v) is 12.7. The number of benzene rings is 1. The standard InChI is InChI=1S/C15H15BrFN3/c1-2-3-6-18-15-13-10-7-9(17)4-5-12(10)20-14(13)11(16)8-19-15/h4-5,7-8,20H,2-3,6H2,1H3,(H,18,19). The molecule has 3 aromatic rings. The Balaban J connectivity index is 2.21.